The number of halogens is 3. The van der Waals surface area contributed by atoms with Crippen molar-refractivity contribution in [2.45, 2.75) is 20.0 Å². The molecule has 0 aliphatic heterocycles. The van der Waals surface area contributed by atoms with E-state index in [-0.39, 0.29) is 5.39 Å². The number of hydrogen-bond donors (Lipinski definition) is 0. The molecule has 0 saturated heterocycles. The summed E-state index contributed by atoms with van der Waals surface area (Å²) in [4.78, 5) is 4.15. The van der Waals surface area contributed by atoms with E-state index in [1.807, 2.05) is 0 Å². The Balaban J connectivity index is 2.82. The standard InChI is InChI=1S/C12H10F3N/c1-7-6-9-10(12(13,14)15)4-3-5-11(9)16-8(7)2/h3-6H,1-2H3. The lowest BCUT2D eigenvalue weighted by atomic mass is 10.1. The van der Waals surface area contributed by atoms with Crippen molar-refractivity contribution in [3.8, 4) is 0 Å². The number of alkyl halides is 3. The smallest absolute Gasteiger partial charge is 0.253 e. The zero-order valence-electron chi connectivity index (χ0n) is 8.89. The van der Waals surface area contributed by atoms with Crippen LogP contribution in [0.25, 0.3) is 10.9 Å². The Kier molecular flexibility index (Phi) is 2.37. The average molecular weight is 225 g/mol. The molecular formula is C12H10F3N. The molecule has 0 amide bonds. The lowest BCUT2D eigenvalue weighted by Gasteiger charge is -2.11. The summed E-state index contributed by atoms with van der Waals surface area (Å²) >= 11 is 0. The summed E-state index contributed by atoms with van der Waals surface area (Å²) < 4.78 is 38.2. The molecule has 4 heteroatoms. The minimum Gasteiger partial charge on any atom is -0.253 e. The summed E-state index contributed by atoms with van der Waals surface area (Å²) in [6.45, 7) is 3.55. The molecule has 0 radical (unpaired) electrons. The zero-order chi connectivity index (χ0) is 11.9. The number of pyridine rings is 1. The molecule has 0 aliphatic rings. The predicted molar refractivity (Wildman–Crippen MR) is 56.2 cm³/mol. The van der Waals surface area contributed by atoms with Crippen molar-refractivity contribution in [3.63, 3.8) is 0 Å². The quantitative estimate of drug-likeness (QED) is 0.663. The molecule has 0 atom stereocenters. The molecule has 1 aromatic heterocycles. The molecule has 1 nitrogen and oxygen atoms in total. The van der Waals surface area contributed by atoms with Crippen LogP contribution in [-0.2, 0) is 6.18 Å². The van der Waals surface area contributed by atoms with Crippen LogP contribution >= 0.6 is 0 Å². The van der Waals surface area contributed by atoms with Gasteiger partial charge in [0.05, 0.1) is 11.1 Å². The van der Waals surface area contributed by atoms with Gasteiger partial charge in [0, 0.05) is 11.1 Å². The van der Waals surface area contributed by atoms with E-state index in [2.05, 4.69) is 4.98 Å². The van der Waals surface area contributed by atoms with E-state index in [4.69, 9.17) is 0 Å². The highest BCUT2D eigenvalue weighted by atomic mass is 19.4. The van der Waals surface area contributed by atoms with Gasteiger partial charge in [0.15, 0.2) is 0 Å². The summed E-state index contributed by atoms with van der Waals surface area (Å²) in [6, 6.07) is 5.60. The molecule has 0 unspecified atom stereocenters. The number of benzene rings is 1. The van der Waals surface area contributed by atoms with Crippen molar-refractivity contribution in [3.05, 3.63) is 41.1 Å². The fourth-order valence-electron chi connectivity index (χ4n) is 1.64. The Labute approximate surface area is 90.9 Å². The van der Waals surface area contributed by atoms with E-state index in [0.29, 0.717) is 5.52 Å². The third-order valence-electron chi connectivity index (χ3n) is 2.61. The zero-order valence-corrected chi connectivity index (χ0v) is 8.89. The van der Waals surface area contributed by atoms with Crippen LogP contribution in [0.3, 0.4) is 0 Å². The van der Waals surface area contributed by atoms with Crippen LogP contribution in [0, 0.1) is 13.8 Å². The third kappa shape index (κ3) is 1.75. The lowest BCUT2D eigenvalue weighted by molar-refractivity contribution is -0.136. The average Bonchev–Trinajstić information content (AvgIpc) is 2.17. The first kappa shape index (κ1) is 10.9. The molecule has 0 N–H and O–H groups in total. The maximum atomic E-state index is 12.7. The van der Waals surface area contributed by atoms with Crippen LogP contribution in [0.15, 0.2) is 24.3 Å². The first-order valence-corrected chi connectivity index (χ1v) is 4.84. The number of fused-ring (bicyclic) bond motifs is 1. The van der Waals surface area contributed by atoms with Gasteiger partial charge < -0.3 is 0 Å². The monoisotopic (exact) mass is 225 g/mol. The molecule has 0 fully saturated rings. The molecular weight excluding hydrogens is 215 g/mol. The van der Waals surface area contributed by atoms with Crippen molar-refractivity contribution in [2.75, 3.05) is 0 Å². The van der Waals surface area contributed by atoms with Gasteiger partial charge in [0.2, 0.25) is 0 Å². The van der Waals surface area contributed by atoms with E-state index in [0.717, 1.165) is 17.3 Å². The summed E-state index contributed by atoms with van der Waals surface area (Å²) in [7, 11) is 0. The summed E-state index contributed by atoms with van der Waals surface area (Å²) in [5.41, 5.74) is 1.29. The minimum absolute atomic E-state index is 0.165. The van der Waals surface area contributed by atoms with Crippen molar-refractivity contribution >= 4 is 10.9 Å². The topological polar surface area (TPSA) is 12.9 Å². The van der Waals surface area contributed by atoms with Gasteiger partial charge >= 0.3 is 6.18 Å². The summed E-state index contributed by atoms with van der Waals surface area (Å²) in [5, 5.41) is 0.165. The minimum atomic E-state index is -4.33. The molecule has 2 aromatic rings. The summed E-state index contributed by atoms with van der Waals surface area (Å²) in [6.07, 6.45) is -4.33. The second kappa shape index (κ2) is 3.47. The molecule has 0 saturated carbocycles. The molecule has 16 heavy (non-hydrogen) atoms. The maximum absolute atomic E-state index is 12.7. The largest absolute Gasteiger partial charge is 0.417 e. The molecule has 0 aliphatic carbocycles. The third-order valence-corrected chi connectivity index (χ3v) is 2.61. The highest BCUT2D eigenvalue weighted by molar-refractivity contribution is 5.83. The van der Waals surface area contributed by atoms with Gasteiger partial charge in [-0.3, -0.25) is 4.98 Å². The molecule has 2 rings (SSSR count). The van der Waals surface area contributed by atoms with Crippen LogP contribution in [-0.4, -0.2) is 4.98 Å². The maximum Gasteiger partial charge on any atom is 0.417 e. The van der Waals surface area contributed by atoms with E-state index in [1.165, 1.54) is 6.07 Å². The van der Waals surface area contributed by atoms with Crippen molar-refractivity contribution in [1.29, 1.82) is 0 Å². The van der Waals surface area contributed by atoms with Gasteiger partial charge in [0.1, 0.15) is 0 Å². The van der Waals surface area contributed by atoms with Gasteiger partial charge in [0.25, 0.3) is 0 Å². The number of hydrogen-bond acceptors (Lipinski definition) is 1. The van der Waals surface area contributed by atoms with Gasteiger partial charge in [-0.1, -0.05) is 6.07 Å². The molecule has 1 heterocycles. The second-order valence-electron chi connectivity index (χ2n) is 3.76. The normalized spacial score (nSPS) is 12.1. The molecule has 0 bridgehead atoms. The highest BCUT2D eigenvalue weighted by Crippen LogP contribution is 2.34. The first-order chi connectivity index (χ1) is 7.39. The molecule has 84 valence electrons. The Hall–Kier alpha value is -1.58. The molecule has 0 spiro atoms. The fraction of sp³-hybridized carbons (Fsp3) is 0.250. The number of aryl methyl sites for hydroxylation is 2. The van der Waals surface area contributed by atoms with Crippen molar-refractivity contribution < 1.29 is 13.2 Å². The fourth-order valence-corrected chi connectivity index (χ4v) is 1.64. The van der Waals surface area contributed by atoms with Gasteiger partial charge in [-0.05, 0) is 37.6 Å². The second-order valence-corrected chi connectivity index (χ2v) is 3.76. The number of nitrogens with zero attached hydrogens (tertiary/aromatic N) is 1. The Morgan fingerprint density at radius 2 is 1.81 bits per heavy atom. The lowest BCUT2D eigenvalue weighted by Crippen LogP contribution is -2.06. The number of rotatable bonds is 0. The van der Waals surface area contributed by atoms with Crippen LogP contribution < -0.4 is 0 Å². The van der Waals surface area contributed by atoms with Crippen LogP contribution in [0.2, 0.25) is 0 Å². The van der Waals surface area contributed by atoms with Crippen molar-refractivity contribution in [1.82, 2.24) is 4.98 Å². The van der Waals surface area contributed by atoms with Crippen LogP contribution in [0.1, 0.15) is 16.8 Å². The Bertz CT molecular complexity index is 544. The van der Waals surface area contributed by atoms with Crippen molar-refractivity contribution in [2.24, 2.45) is 0 Å². The SMILES string of the molecule is Cc1cc2c(C(F)(F)F)cccc2nc1C. The molecule has 1 aromatic carbocycles. The van der Waals surface area contributed by atoms with E-state index < -0.39 is 11.7 Å². The number of aromatic nitrogens is 1. The predicted octanol–water partition coefficient (Wildman–Crippen LogP) is 3.87. The summed E-state index contributed by atoms with van der Waals surface area (Å²) in [5.74, 6) is 0. The van der Waals surface area contributed by atoms with Crippen LogP contribution in [0.5, 0.6) is 0 Å². The van der Waals surface area contributed by atoms with Crippen LogP contribution in [0.4, 0.5) is 13.2 Å². The van der Waals surface area contributed by atoms with E-state index >= 15 is 0 Å². The van der Waals surface area contributed by atoms with Gasteiger partial charge in [-0.25, -0.2) is 0 Å². The first-order valence-electron chi connectivity index (χ1n) is 4.84. The Morgan fingerprint density at radius 1 is 1.12 bits per heavy atom. The van der Waals surface area contributed by atoms with Gasteiger partial charge in [-0.2, -0.15) is 13.2 Å². The van der Waals surface area contributed by atoms with Gasteiger partial charge in [-0.15, -0.1) is 0 Å². The van der Waals surface area contributed by atoms with E-state index in [9.17, 15) is 13.2 Å². The highest BCUT2D eigenvalue weighted by Gasteiger charge is 2.32. The van der Waals surface area contributed by atoms with E-state index in [1.54, 1.807) is 26.0 Å². The Morgan fingerprint density at radius 3 is 2.44 bits per heavy atom.